The van der Waals surface area contributed by atoms with Crippen molar-refractivity contribution in [1.82, 2.24) is 14.9 Å². The lowest BCUT2D eigenvalue weighted by Gasteiger charge is -2.26. The molecule has 2 N–H and O–H groups in total. The normalized spacial score (nSPS) is 18.3. The molecule has 1 fully saturated rings. The van der Waals surface area contributed by atoms with Gasteiger partial charge in [0, 0.05) is 29.7 Å². The average Bonchev–Trinajstić information content (AvgIpc) is 3.25. The van der Waals surface area contributed by atoms with Crippen molar-refractivity contribution in [2.24, 2.45) is 11.8 Å². The van der Waals surface area contributed by atoms with E-state index in [1.807, 2.05) is 47.3 Å². The Kier molecular flexibility index (Phi) is 6.24. The van der Waals surface area contributed by atoms with Crippen molar-refractivity contribution >= 4 is 45.2 Å². The fourth-order valence-electron chi connectivity index (χ4n) is 4.95. The van der Waals surface area contributed by atoms with Crippen LogP contribution in [-0.4, -0.2) is 33.1 Å². The zero-order chi connectivity index (χ0) is 23.7. The van der Waals surface area contributed by atoms with E-state index in [1.54, 1.807) is 6.07 Å². The largest absolute Gasteiger partial charge is 0.481 e. The third-order valence-corrected chi connectivity index (χ3v) is 7.19. The Bertz CT molecular complexity index is 1370. The van der Waals surface area contributed by atoms with Crippen LogP contribution in [0.4, 0.5) is 0 Å². The van der Waals surface area contributed by atoms with Crippen LogP contribution in [0.5, 0.6) is 0 Å². The number of halogens is 1. The van der Waals surface area contributed by atoms with Gasteiger partial charge < -0.3 is 15.0 Å². The number of rotatable bonds is 6. The molecule has 4 aromatic rings. The second-order valence-corrected chi connectivity index (χ2v) is 9.50. The predicted molar refractivity (Wildman–Crippen MR) is 133 cm³/mol. The van der Waals surface area contributed by atoms with Crippen molar-refractivity contribution in [2.45, 2.75) is 32.2 Å². The summed E-state index contributed by atoms with van der Waals surface area (Å²) in [6.45, 7) is 1.04. The monoisotopic (exact) mass is 475 g/mol. The van der Waals surface area contributed by atoms with E-state index in [0.29, 0.717) is 36.5 Å². The number of aliphatic carboxylic acids is 1. The van der Waals surface area contributed by atoms with Gasteiger partial charge in [0.15, 0.2) is 0 Å². The predicted octanol–water partition coefficient (Wildman–Crippen LogP) is 5.51. The molecule has 5 rings (SSSR count). The van der Waals surface area contributed by atoms with E-state index in [4.69, 9.17) is 11.6 Å². The van der Waals surface area contributed by atoms with Crippen LogP contribution >= 0.6 is 11.6 Å². The van der Waals surface area contributed by atoms with Gasteiger partial charge in [-0.15, -0.1) is 0 Å². The van der Waals surface area contributed by atoms with Crippen LogP contribution in [0.1, 0.15) is 41.7 Å². The molecule has 2 heterocycles. The zero-order valence-electron chi connectivity index (χ0n) is 18.7. The van der Waals surface area contributed by atoms with Crippen LogP contribution in [0.15, 0.2) is 60.9 Å². The third kappa shape index (κ3) is 4.50. The first-order valence-electron chi connectivity index (χ1n) is 11.6. The molecule has 0 radical (unpaired) electrons. The molecule has 0 saturated heterocycles. The number of fused-ring (bicyclic) bond motifs is 2. The molecule has 1 aliphatic rings. The number of pyridine rings is 1. The lowest BCUT2D eigenvalue weighted by atomic mass is 9.82. The van der Waals surface area contributed by atoms with Crippen LogP contribution in [0.2, 0.25) is 5.02 Å². The SMILES string of the molecule is O=C(NCC1CCC(C(=O)O)CC1)c1c(Cl)ccc2ccn(Cc3cc4ccccc4cn3)c12. The summed E-state index contributed by atoms with van der Waals surface area (Å²) in [5.74, 6) is -0.904. The second kappa shape index (κ2) is 9.47. The van der Waals surface area contributed by atoms with Crippen molar-refractivity contribution in [3.8, 4) is 0 Å². The molecular formula is C27H26ClN3O3. The summed E-state index contributed by atoms with van der Waals surface area (Å²) in [5, 5.41) is 15.8. The maximum atomic E-state index is 13.3. The summed E-state index contributed by atoms with van der Waals surface area (Å²) in [6.07, 6.45) is 6.76. The van der Waals surface area contributed by atoms with Crippen LogP contribution in [-0.2, 0) is 11.3 Å². The van der Waals surface area contributed by atoms with Gasteiger partial charge in [-0.1, -0.05) is 41.9 Å². The number of carbonyl (C=O) groups excluding carboxylic acids is 1. The Balaban J connectivity index is 1.37. The summed E-state index contributed by atoms with van der Waals surface area (Å²) < 4.78 is 2.02. The van der Waals surface area contributed by atoms with Gasteiger partial charge in [-0.05, 0) is 55.2 Å². The molecule has 1 aliphatic carbocycles. The number of carbonyl (C=O) groups is 2. The van der Waals surface area contributed by atoms with E-state index >= 15 is 0 Å². The standard InChI is InChI=1S/C27H26ClN3O3/c28-23-10-9-18-11-12-31(16-22-13-20-3-1-2-4-21(20)15-29-22)25(18)24(23)26(32)30-14-17-5-7-19(8-6-17)27(33)34/h1-4,9-13,15,17,19H,5-8,14,16H2,(H,30,32)(H,33,34). The number of nitrogens with one attached hydrogen (secondary N) is 1. The fourth-order valence-corrected chi connectivity index (χ4v) is 5.19. The molecule has 174 valence electrons. The first-order chi connectivity index (χ1) is 16.5. The van der Waals surface area contributed by atoms with Crippen LogP contribution in [0.25, 0.3) is 21.7 Å². The minimum atomic E-state index is -0.720. The molecule has 1 amide bonds. The maximum Gasteiger partial charge on any atom is 0.306 e. The van der Waals surface area contributed by atoms with Gasteiger partial charge in [0.05, 0.1) is 34.3 Å². The Morgan fingerprint density at radius 3 is 2.56 bits per heavy atom. The van der Waals surface area contributed by atoms with Crippen molar-refractivity contribution < 1.29 is 14.7 Å². The van der Waals surface area contributed by atoms with Gasteiger partial charge in [0.25, 0.3) is 5.91 Å². The number of carboxylic acid groups (broad SMARTS) is 1. The molecule has 2 aromatic heterocycles. The van der Waals surface area contributed by atoms with E-state index in [9.17, 15) is 14.7 Å². The summed E-state index contributed by atoms with van der Waals surface area (Å²) in [5.41, 5.74) is 2.15. The van der Waals surface area contributed by atoms with Crippen LogP contribution in [0, 0.1) is 11.8 Å². The van der Waals surface area contributed by atoms with Gasteiger partial charge in [0.1, 0.15) is 0 Å². The van der Waals surface area contributed by atoms with E-state index < -0.39 is 5.97 Å². The third-order valence-electron chi connectivity index (χ3n) is 6.87. The number of hydrogen-bond donors (Lipinski definition) is 2. The topological polar surface area (TPSA) is 84.2 Å². The molecule has 2 aromatic carbocycles. The van der Waals surface area contributed by atoms with Crippen molar-refractivity contribution in [3.05, 3.63) is 77.2 Å². The Morgan fingerprint density at radius 2 is 1.79 bits per heavy atom. The molecular weight excluding hydrogens is 450 g/mol. The van der Waals surface area contributed by atoms with Crippen molar-refractivity contribution in [2.75, 3.05) is 6.54 Å². The van der Waals surface area contributed by atoms with Gasteiger partial charge in [0.2, 0.25) is 0 Å². The molecule has 0 aliphatic heterocycles. The maximum absolute atomic E-state index is 13.3. The summed E-state index contributed by atoms with van der Waals surface area (Å²) in [4.78, 5) is 29.0. The van der Waals surface area contributed by atoms with Crippen LogP contribution in [0.3, 0.4) is 0 Å². The highest BCUT2D eigenvalue weighted by Crippen LogP contribution is 2.30. The van der Waals surface area contributed by atoms with E-state index in [0.717, 1.165) is 40.2 Å². The molecule has 0 unspecified atom stereocenters. The number of amides is 1. The minimum Gasteiger partial charge on any atom is -0.481 e. The van der Waals surface area contributed by atoms with Crippen molar-refractivity contribution in [1.29, 1.82) is 0 Å². The fraction of sp³-hybridized carbons (Fsp3) is 0.296. The second-order valence-electron chi connectivity index (χ2n) is 9.09. The highest BCUT2D eigenvalue weighted by Gasteiger charge is 2.26. The smallest absolute Gasteiger partial charge is 0.306 e. The van der Waals surface area contributed by atoms with Gasteiger partial charge >= 0.3 is 5.97 Å². The zero-order valence-corrected chi connectivity index (χ0v) is 19.5. The first kappa shape index (κ1) is 22.4. The number of hydrogen-bond acceptors (Lipinski definition) is 3. The average molecular weight is 476 g/mol. The van der Waals surface area contributed by atoms with Gasteiger partial charge in [-0.3, -0.25) is 14.6 Å². The summed E-state index contributed by atoms with van der Waals surface area (Å²) in [6, 6.07) is 15.8. The Labute approximate surface area is 202 Å². The summed E-state index contributed by atoms with van der Waals surface area (Å²) in [7, 11) is 0. The van der Waals surface area contributed by atoms with Crippen LogP contribution < -0.4 is 5.32 Å². The molecule has 0 spiro atoms. The summed E-state index contributed by atoms with van der Waals surface area (Å²) >= 11 is 6.53. The van der Waals surface area contributed by atoms with E-state index in [2.05, 4.69) is 22.4 Å². The molecule has 34 heavy (non-hydrogen) atoms. The number of aromatic nitrogens is 2. The quantitative estimate of drug-likeness (QED) is 0.385. The highest BCUT2D eigenvalue weighted by molar-refractivity contribution is 6.35. The highest BCUT2D eigenvalue weighted by atomic mass is 35.5. The number of nitrogens with zero attached hydrogens (tertiary/aromatic N) is 2. The van der Waals surface area contributed by atoms with Gasteiger partial charge in [-0.25, -0.2) is 0 Å². The molecule has 7 heteroatoms. The van der Waals surface area contributed by atoms with E-state index in [-0.39, 0.29) is 17.7 Å². The Hall–Kier alpha value is -3.38. The van der Waals surface area contributed by atoms with Crippen molar-refractivity contribution in [3.63, 3.8) is 0 Å². The number of carboxylic acids is 1. The lowest BCUT2D eigenvalue weighted by Crippen LogP contribution is -2.32. The van der Waals surface area contributed by atoms with E-state index in [1.165, 1.54) is 0 Å². The first-order valence-corrected chi connectivity index (χ1v) is 12.0. The Morgan fingerprint density at radius 1 is 1.03 bits per heavy atom. The minimum absolute atomic E-state index is 0.206. The molecule has 6 nitrogen and oxygen atoms in total. The van der Waals surface area contributed by atoms with Gasteiger partial charge in [-0.2, -0.15) is 0 Å². The lowest BCUT2D eigenvalue weighted by molar-refractivity contribution is -0.143. The molecule has 0 bridgehead atoms. The number of benzene rings is 2. The molecule has 1 saturated carbocycles. The molecule has 0 atom stereocenters.